The van der Waals surface area contributed by atoms with E-state index >= 15 is 0 Å². The fraction of sp³-hybridized carbons (Fsp3) is 0.455. The maximum atomic E-state index is 11.7. The number of hydrogen-bond acceptors (Lipinski definition) is 3. The topological polar surface area (TPSA) is 33.2 Å². The molecule has 1 aliphatic rings. The lowest BCUT2D eigenvalue weighted by molar-refractivity contribution is -0.128. The normalized spacial score (nSPS) is 20.5. The molecule has 0 aliphatic carbocycles. The van der Waals surface area contributed by atoms with Crippen molar-refractivity contribution in [3.63, 3.8) is 0 Å². The van der Waals surface area contributed by atoms with Crippen molar-refractivity contribution in [2.75, 3.05) is 12.3 Å². The molecule has 1 saturated heterocycles. The first kappa shape index (κ1) is 11.7. The van der Waals surface area contributed by atoms with Gasteiger partial charge >= 0.3 is 0 Å². The maximum Gasteiger partial charge on any atom is 0.223 e. The number of aromatic nitrogens is 1. The summed E-state index contributed by atoms with van der Waals surface area (Å²) in [5.41, 5.74) is 1.01. The number of nitrogens with zero attached hydrogens (tertiary/aromatic N) is 2. The molecule has 2 heterocycles. The fourth-order valence-corrected chi connectivity index (χ4v) is 2.21. The predicted molar refractivity (Wildman–Crippen MR) is 66.6 cm³/mol. The molecule has 1 aromatic heterocycles. The summed E-state index contributed by atoms with van der Waals surface area (Å²) in [6.07, 6.45) is 2.33. The van der Waals surface area contributed by atoms with E-state index in [4.69, 9.17) is 11.6 Å². The zero-order valence-electron chi connectivity index (χ0n) is 8.77. The van der Waals surface area contributed by atoms with Crippen LogP contribution in [0.3, 0.4) is 0 Å². The highest BCUT2D eigenvalue weighted by Crippen LogP contribution is 2.20. The van der Waals surface area contributed by atoms with Crippen molar-refractivity contribution in [2.24, 2.45) is 5.92 Å². The van der Waals surface area contributed by atoms with E-state index in [9.17, 15) is 4.79 Å². The Morgan fingerprint density at radius 3 is 2.94 bits per heavy atom. The molecule has 1 fully saturated rings. The molecule has 0 aromatic carbocycles. The standard InChI is InChI=1S/C11H13ClN2OS/c12-10-2-1-8(4-13-10)5-14-6-9(7-16)3-11(14)15/h1-2,4,9,16H,3,5-7H2. The van der Waals surface area contributed by atoms with E-state index in [2.05, 4.69) is 17.6 Å². The van der Waals surface area contributed by atoms with Gasteiger partial charge in [-0.05, 0) is 23.3 Å². The number of rotatable bonds is 3. The van der Waals surface area contributed by atoms with E-state index in [1.807, 2.05) is 11.0 Å². The first-order valence-corrected chi connectivity index (χ1v) is 6.19. The monoisotopic (exact) mass is 256 g/mol. The molecule has 1 aliphatic heterocycles. The lowest BCUT2D eigenvalue weighted by Crippen LogP contribution is -2.24. The van der Waals surface area contributed by atoms with Crippen LogP contribution in [0.1, 0.15) is 12.0 Å². The minimum atomic E-state index is 0.203. The Balaban J connectivity index is 2.00. The molecule has 0 N–H and O–H groups in total. The molecule has 86 valence electrons. The van der Waals surface area contributed by atoms with Crippen LogP contribution in [-0.2, 0) is 11.3 Å². The molecule has 1 atom stereocenters. The van der Waals surface area contributed by atoms with Crippen molar-refractivity contribution in [3.05, 3.63) is 29.0 Å². The highest BCUT2D eigenvalue weighted by Gasteiger charge is 2.28. The zero-order chi connectivity index (χ0) is 11.5. The molecule has 1 aromatic rings. The third kappa shape index (κ3) is 2.68. The number of likely N-dealkylation sites (tertiary alicyclic amines) is 1. The summed E-state index contributed by atoms with van der Waals surface area (Å²) >= 11 is 9.93. The number of halogens is 1. The predicted octanol–water partition coefficient (Wildman–Crippen LogP) is 2.01. The van der Waals surface area contributed by atoms with E-state index in [0.29, 0.717) is 24.0 Å². The highest BCUT2D eigenvalue weighted by molar-refractivity contribution is 7.80. The SMILES string of the molecule is O=C1CC(CS)CN1Cc1ccc(Cl)nc1. The average Bonchev–Trinajstić information content (AvgIpc) is 2.63. The molecule has 1 amide bonds. The summed E-state index contributed by atoms with van der Waals surface area (Å²) in [5, 5.41) is 0.477. The first-order valence-electron chi connectivity index (χ1n) is 5.18. The Labute approximate surface area is 105 Å². The molecule has 5 heteroatoms. The molecule has 0 radical (unpaired) electrons. The van der Waals surface area contributed by atoms with Crippen LogP contribution < -0.4 is 0 Å². The second kappa shape index (κ2) is 5.06. The Hall–Kier alpha value is -0.740. The van der Waals surface area contributed by atoms with Crippen LogP contribution in [-0.4, -0.2) is 28.1 Å². The maximum absolute atomic E-state index is 11.7. The number of carbonyl (C=O) groups is 1. The van der Waals surface area contributed by atoms with Crippen LogP contribution in [0.5, 0.6) is 0 Å². The first-order chi connectivity index (χ1) is 7.69. The van der Waals surface area contributed by atoms with Gasteiger partial charge in [0.05, 0.1) is 0 Å². The van der Waals surface area contributed by atoms with Crippen molar-refractivity contribution < 1.29 is 4.79 Å². The minimum absolute atomic E-state index is 0.203. The fourth-order valence-electron chi connectivity index (χ4n) is 1.85. The number of amides is 1. The van der Waals surface area contributed by atoms with Crippen molar-refractivity contribution in [2.45, 2.75) is 13.0 Å². The molecule has 2 rings (SSSR count). The summed E-state index contributed by atoms with van der Waals surface area (Å²) in [4.78, 5) is 17.5. The Kier molecular flexibility index (Phi) is 3.71. The summed E-state index contributed by atoms with van der Waals surface area (Å²) in [6.45, 7) is 1.41. The van der Waals surface area contributed by atoms with E-state index in [1.165, 1.54) is 0 Å². The number of carbonyl (C=O) groups excluding carboxylic acids is 1. The van der Waals surface area contributed by atoms with Crippen molar-refractivity contribution in [1.82, 2.24) is 9.88 Å². The second-order valence-corrected chi connectivity index (χ2v) is 4.77. The minimum Gasteiger partial charge on any atom is -0.338 e. The second-order valence-electron chi connectivity index (χ2n) is 4.02. The summed E-state index contributed by atoms with van der Waals surface area (Å²) < 4.78 is 0. The lowest BCUT2D eigenvalue weighted by atomic mass is 10.1. The van der Waals surface area contributed by atoms with Crippen LogP contribution in [0.15, 0.2) is 18.3 Å². The van der Waals surface area contributed by atoms with Gasteiger partial charge in [0, 0.05) is 25.7 Å². The van der Waals surface area contributed by atoms with Gasteiger partial charge in [-0.3, -0.25) is 4.79 Å². The summed E-state index contributed by atoms with van der Waals surface area (Å²) in [5.74, 6) is 1.35. The van der Waals surface area contributed by atoms with Crippen molar-refractivity contribution >= 4 is 30.1 Å². The molecular formula is C11H13ClN2OS. The molecule has 1 unspecified atom stereocenters. The van der Waals surface area contributed by atoms with E-state index < -0.39 is 0 Å². The summed E-state index contributed by atoms with van der Waals surface area (Å²) in [6, 6.07) is 3.64. The average molecular weight is 257 g/mol. The van der Waals surface area contributed by atoms with Gasteiger partial charge in [0.1, 0.15) is 5.15 Å². The number of hydrogen-bond donors (Lipinski definition) is 1. The van der Waals surface area contributed by atoms with Crippen LogP contribution in [0, 0.1) is 5.92 Å². The van der Waals surface area contributed by atoms with E-state index in [-0.39, 0.29) is 5.91 Å². The largest absolute Gasteiger partial charge is 0.338 e. The Bertz CT molecular complexity index is 382. The molecule has 0 bridgehead atoms. The zero-order valence-corrected chi connectivity index (χ0v) is 10.4. The van der Waals surface area contributed by atoms with Crippen LogP contribution in [0.2, 0.25) is 5.15 Å². The van der Waals surface area contributed by atoms with Gasteiger partial charge in [-0.25, -0.2) is 4.98 Å². The molecular weight excluding hydrogens is 244 g/mol. The molecule has 0 spiro atoms. The number of thiol groups is 1. The van der Waals surface area contributed by atoms with Gasteiger partial charge in [0.15, 0.2) is 0 Å². The Morgan fingerprint density at radius 2 is 2.38 bits per heavy atom. The van der Waals surface area contributed by atoms with Gasteiger partial charge in [-0.1, -0.05) is 17.7 Å². The lowest BCUT2D eigenvalue weighted by Gasteiger charge is -2.16. The molecule has 16 heavy (non-hydrogen) atoms. The third-order valence-electron chi connectivity index (χ3n) is 2.71. The quantitative estimate of drug-likeness (QED) is 0.663. The van der Waals surface area contributed by atoms with Gasteiger partial charge in [-0.15, -0.1) is 0 Å². The third-order valence-corrected chi connectivity index (χ3v) is 3.45. The van der Waals surface area contributed by atoms with Gasteiger partial charge < -0.3 is 4.90 Å². The van der Waals surface area contributed by atoms with Crippen molar-refractivity contribution in [3.8, 4) is 0 Å². The van der Waals surface area contributed by atoms with Crippen LogP contribution in [0.4, 0.5) is 0 Å². The number of pyridine rings is 1. The van der Waals surface area contributed by atoms with E-state index in [0.717, 1.165) is 17.9 Å². The van der Waals surface area contributed by atoms with Crippen LogP contribution in [0.25, 0.3) is 0 Å². The summed E-state index contributed by atoms with van der Waals surface area (Å²) in [7, 11) is 0. The Morgan fingerprint density at radius 1 is 1.56 bits per heavy atom. The van der Waals surface area contributed by atoms with Crippen molar-refractivity contribution in [1.29, 1.82) is 0 Å². The van der Waals surface area contributed by atoms with Crippen LogP contribution >= 0.6 is 24.2 Å². The smallest absolute Gasteiger partial charge is 0.223 e. The molecule has 3 nitrogen and oxygen atoms in total. The van der Waals surface area contributed by atoms with E-state index in [1.54, 1.807) is 12.3 Å². The van der Waals surface area contributed by atoms with Gasteiger partial charge in [0.25, 0.3) is 0 Å². The van der Waals surface area contributed by atoms with Gasteiger partial charge in [0.2, 0.25) is 5.91 Å². The molecule has 0 saturated carbocycles. The van der Waals surface area contributed by atoms with Gasteiger partial charge in [-0.2, -0.15) is 12.6 Å². The highest BCUT2D eigenvalue weighted by atomic mass is 35.5.